The average Bonchev–Trinajstić information content (AvgIpc) is 1.61. The van der Waals surface area contributed by atoms with E-state index in [1.807, 2.05) is 0 Å². The van der Waals surface area contributed by atoms with E-state index in [-0.39, 0.29) is 6.47 Å². The quantitative estimate of drug-likeness (QED) is 0.228. The van der Waals surface area contributed by atoms with E-state index in [0.29, 0.717) is 0 Å². The first kappa shape index (κ1) is 6.82. The van der Waals surface area contributed by atoms with Gasteiger partial charge in [0, 0.05) is 0 Å². The highest BCUT2D eigenvalue weighted by molar-refractivity contribution is 7.12. The SMILES string of the molecule is CN([PH-])OOC=O. The molecule has 0 aliphatic heterocycles. The van der Waals surface area contributed by atoms with Crippen molar-refractivity contribution in [3.8, 4) is 0 Å². The predicted molar refractivity (Wildman–Crippen MR) is 24.3 cm³/mol. The standard InChI is InChI=1S/C2H5NO3P/c1-3(7)6-5-2-4/h2,7H,1H3/q-1. The number of hydrogen-bond donors (Lipinski definition) is 0. The van der Waals surface area contributed by atoms with Gasteiger partial charge in [0.05, 0.1) is 0 Å². The summed E-state index contributed by atoms with van der Waals surface area (Å²) in [6, 6.07) is 0. The van der Waals surface area contributed by atoms with Gasteiger partial charge in [-0.3, -0.25) is 9.68 Å². The lowest BCUT2D eigenvalue weighted by molar-refractivity contribution is -0.345. The highest BCUT2D eigenvalue weighted by atomic mass is 31.0. The predicted octanol–water partition coefficient (Wildman–Crippen LogP) is -0.00440. The Morgan fingerprint density at radius 2 is 2.43 bits per heavy atom. The van der Waals surface area contributed by atoms with Crippen LogP contribution in [0.2, 0.25) is 0 Å². The average molecular weight is 122 g/mol. The fourth-order valence-electron chi connectivity index (χ4n) is 0.0821. The lowest BCUT2D eigenvalue weighted by Gasteiger charge is -2.13. The Hall–Kier alpha value is -0.180. The zero-order valence-electron chi connectivity index (χ0n) is 3.75. The summed E-state index contributed by atoms with van der Waals surface area (Å²) >= 11 is 0. The van der Waals surface area contributed by atoms with Crippen LogP contribution >= 0.6 is 9.39 Å². The third-order valence-electron chi connectivity index (χ3n) is 0.194. The van der Waals surface area contributed by atoms with E-state index in [1.54, 1.807) is 0 Å². The molecule has 0 radical (unpaired) electrons. The zero-order valence-corrected chi connectivity index (χ0v) is 4.75. The molecule has 0 aliphatic carbocycles. The van der Waals surface area contributed by atoms with Gasteiger partial charge in [0.1, 0.15) is 0 Å². The molecule has 0 bridgehead atoms. The molecule has 0 saturated carbocycles. The van der Waals surface area contributed by atoms with E-state index in [2.05, 4.69) is 19.3 Å². The molecule has 0 N–H and O–H groups in total. The van der Waals surface area contributed by atoms with Crippen LogP contribution in [0, 0.1) is 0 Å². The van der Waals surface area contributed by atoms with E-state index in [0.717, 1.165) is 4.83 Å². The van der Waals surface area contributed by atoms with Crippen LogP contribution in [0.25, 0.3) is 0 Å². The van der Waals surface area contributed by atoms with E-state index < -0.39 is 0 Å². The number of carbonyl (C=O) groups excluding carboxylic acids is 1. The van der Waals surface area contributed by atoms with Crippen molar-refractivity contribution in [2.24, 2.45) is 0 Å². The summed E-state index contributed by atoms with van der Waals surface area (Å²) in [5.74, 6) is 0. The van der Waals surface area contributed by atoms with Crippen LogP contribution in [0.3, 0.4) is 0 Å². The minimum Gasteiger partial charge on any atom is -0.441 e. The Morgan fingerprint density at radius 1 is 1.86 bits per heavy atom. The topological polar surface area (TPSA) is 38.8 Å². The number of hydroxylamine groups is 1. The Bertz CT molecular complexity index is 56.9. The maximum Gasteiger partial charge on any atom is 0.332 e. The Morgan fingerprint density at radius 3 is 2.57 bits per heavy atom. The van der Waals surface area contributed by atoms with Crippen LogP contribution in [-0.2, 0) is 14.7 Å². The van der Waals surface area contributed by atoms with Gasteiger partial charge in [-0.05, 0) is 7.05 Å². The first-order valence-electron chi connectivity index (χ1n) is 1.49. The van der Waals surface area contributed by atoms with Crippen LogP contribution in [-0.4, -0.2) is 18.4 Å². The van der Waals surface area contributed by atoms with Crippen LogP contribution < -0.4 is 0 Å². The van der Waals surface area contributed by atoms with Crippen LogP contribution in [0.15, 0.2) is 0 Å². The lowest BCUT2D eigenvalue weighted by Crippen LogP contribution is -2.04. The van der Waals surface area contributed by atoms with Gasteiger partial charge >= 0.3 is 6.47 Å². The molecule has 5 heteroatoms. The summed E-state index contributed by atoms with van der Waals surface area (Å²) in [5.41, 5.74) is 0. The first-order valence-corrected chi connectivity index (χ1v) is 1.94. The molecular weight excluding hydrogens is 117 g/mol. The molecular formula is C2H5NO3P-. The Kier molecular flexibility index (Phi) is 3.89. The third-order valence-corrected chi connectivity index (χ3v) is 0.269. The first-order chi connectivity index (χ1) is 3.27. The Labute approximate surface area is 43.5 Å². The van der Waals surface area contributed by atoms with Gasteiger partial charge in [-0.15, -0.1) is 4.99 Å². The van der Waals surface area contributed by atoms with Crippen molar-refractivity contribution in [2.75, 3.05) is 7.05 Å². The summed E-state index contributed by atoms with van der Waals surface area (Å²) in [5, 5.41) is 0. The smallest absolute Gasteiger partial charge is 0.332 e. The fourth-order valence-corrected chi connectivity index (χ4v) is 0.125. The molecule has 4 nitrogen and oxygen atoms in total. The second kappa shape index (κ2) is 3.99. The number of carbonyl (C=O) groups is 1. The maximum absolute atomic E-state index is 9.31. The maximum atomic E-state index is 9.31. The molecule has 42 valence electrons. The lowest BCUT2D eigenvalue weighted by atomic mass is 11.5. The molecule has 0 rings (SSSR count). The van der Waals surface area contributed by atoms with Gasteiger partial charge in [-0.2, -0.15) is 0 Å². The van der Waals surface area contributed by atoms with Crippen molar-refractivity contribution in [3.63, 3.8) is 0 Å². The van der Waals surface area contributed by atoms with Gasteiger partial charge in [0.25, 0.3) is 0 Å². The molecule has 0 fully saturated rings. The highest BCUT2D eigenvalue weighted by Gasteiger charge is 1.74. The second-order valence-corrected chi connectivity index (χ2v) is 1.39. The summed E-state index contributed by atoms with van der Waals surface area (Å²) in [6.07, 6.45) is 0. The van der Waals surface area contributed by atoms with Crippen molar-refractivity contribution in [2.45, 2.75) is 0 Å². The van der Waals surface area contributed by atoms with E-state index in [4.69, 9.17) is 0 Å². The van der Waals surface area contributed by atoms with E-state index in [9.17, 15) is 4.79 Å². The molecule has 0 heterocycles. The molecule has 7 heavy (non-hydrogen) atoms. The summed E-state index contributed by atoms with van der Waals surface area (Å²) in [7, 11) is 4.36. The molecule has 0 aromatic rings. The van der Waals surface area contributed by atoms with Gasteiger partial charge in [-0.1, -0.05) is 0 Å². The normalized spacial score (nSPS) is 9.00. The van der Waals surface area contributed by atoms with Crippen LogP contribution in [0.4, 0.5) is 0 Å². The minimum atomic E-state index is 0.177. The van der Waals surface area contributed by atoms with E-state index >= 15 is 0 Å². The van der Waals surface area contributed by atoms with Gasteiger partial charge in [0.2, 0.25) is 0 Å². The van der Waals surface area contributed by atoms with Crippen LogP contribution in [0.1, 0.15) is 0 Å². The largest absolute Gasteiger partial charge is 0.441 e. The van der Waals surface area contributed by atoms with Gasteiger partial charge < -0.3 is 14.2 Å². The monoisotopic (exact) mass is 122 g/mol. The number of nitrogens with zero attached hydrogens (tertiary/aromatic N) is 1. The van der Waals surface area contributed by atoms with Crippen LogP contribution in [0.5, 0.6) is 0 Å². The van der Waals surface area contributed by atoms with Crippen molar-refractivity contribution in [3.05, 3.63) is 0 Å². The fraction of sp³-hybridized carbons (Fsp3) is 0.500. The minimum absolute atomic E-state index is 0.177. The molecule has 0 spiro atoms. The molecule has 0 saturated heterocycles. The molecule has 0 amide bonds. The number of hydrogen-bond acceptors (Lipinski definition) is 4. The third kappa shape index (κ3) is 5.82. The van der Waals surface area contributed by atoms with Gasteiger partial charge in [-0.25, -0.2) is 0 Å². The molecule has 0 aliphatic rings. The van der Waals surface area contributed by atoms with E-state index in [1.165, 1.54) is 7.05 Å². The number of rotatable bonds is 3. The second-order valence-electron chi connectivity index (χ2n) is 0.764. The van der Waals surface area contributed by atoms with Crippen molar-refractivity contribution in [1.82, 2.24) is 4.83 Å². The molecule has 0 aromatic carbocycles. The Balaban J connectivity index is 2.81. The summed E-state index contributed by atoms with van der Waals surface area (Å²) in [6.45, 7) is 0.177. The van der Waals surface area contributed by atoms with Crippen molar-refractivity contribution >= 4 is 15.9 Å². The van der Waals surface area contributed by atoms with Crippen molar-refractivity contribution < 1.29 is 14.7 Å². The zero-order chi connectivity index (χ0) is 5.70. The van der Waals surface area contributed by atoms with Crippen molar-refractivity contribution in [1.29, 1.82) is 0 Å². The highest BCUT2D eigenvalue weighted by Crippen LogP contribution is 1.90. The summed E-state index contributed by atoms with van der Waals surface area (Å²) in [4.78, 5) is 18.2. The summed E-state index contributed by atoms with van der Waals surface area (Å²) < 4.78 is 0. The molecule has 0 aromatic heterocycles. The van der Waals surface area contributed by atoms with Gasteiger partial charge in [0.15, 0.2) is 0 Å². The molecule has 0 atom stereocenters. The molecule has 0 unspecified atom stereocenters.